The third-order valence-electron chi connectivity index (χ3n) is 14.4. The largest absolute Gasteiger partial charge is 0.462 e. The lowest BCUT2D eigenvalue weighted by Gasteiger charge is -2.18. The van der Waals surface area contributed by atoms with Crippen molar-refractivity contribution in [1.29, 1.82) is 0 Å². The van der Waals surface area contributed by atoms with Crippen LogP contribution in [0.2, 0.25) is 0 Å². The predicted octanol–water partition coefficient (Wildman–Crippen LogP) is 22.7. The monoisotopic (exact) mass is 1070 g/mol. The smallest absolute Gasteiger partial charge is 0.306 e. The standard InChI is InChI=1S/C71H124O6/c1-4-7-10-13-16-19-22-25-28-30-32-33-34-35-36-37-39-40-43-46-49-52-55-58-61-64-70(73)76-67-68(66-75-69(72)63-60-57-54-51-48-45-42-27-24-21-18-15-12-9-6-3)77-71(74)65-62-59-56-53-50-47-44-41-38-31-29-26-23-20-17-14-11-8-5-2/h7,10,16,19,25-26,28-29,32-33,35-36,39-40,68H,4-6,8-9,11-15,17-18,20-24,27,30-31,34,37-38,41-67H2,1-3H3/b10-7-,19-16-,28-25-,29-26-,33-32-,36-35-,40-39-. The number of hydrogen-bond donors (Lipinski definition) is 0. The second-order valence-electron chi connectivity index (χ2n) is 22.0. The second-order valence-corrected chi connectivity index (χ2v) is 22.0. The lowest BCUT2D eigenvalue weighted by molar-refractivity contribution is -0.167. The minimum absolute atomic E-state index is 0.0787. The fraction of sp³-hybridized carbons (Fsp3) is 0.761. The first-order chi connectivity index (χ1) is 38.0. The summed E-state index contributed by atoms with van der Waals surface area (Å²) in [6.45, 7) is 6.55. The van der Waals surface area contributed by atoms with Crippen molar-refractivity contribution in [3.63, 3.8) is 0 Å². The third kappa shape index (κ3) is 63.3. The normalized spacial score (nSPS) is 12.6. The lowest BCUT2D eigenvalue weighted by Crippen LogP contribution is -2.30. The molecule has 0 bridgehead atoms. The molecule has 1 atom stereocenters. The molecule has 0 N–H and O–H groups in total. The zero-order chi connectivity index (χ0) is 55.7. The van der Waals surface area contributed by atoms with Crippen molar-refractivity contribution in [2.45, 2.75) is 335 Å². The molecule has 444 valence electrons. The maximum absolute atomic E-state index is 12.9. The van der Waals surface area contributed by atoms with Crippen LogP contribution in [0.4, 0.5) is 0 Å². The van der Waals surface area contributed by atoms with Gasteiger partial charge in [-0.2, -0.15) is 0 Å². The molecule has 0 aromatic rings. The molecule has 0 saturated carbocycles. The summed E-state index contributed by atoms with van der Waals surface area (Å²) < 4.78 is 17.0. The van der Waals surface area contributed by atoms with Gasteiger partial charge < -0.3 is 14.2 Å². The van der Waals surface area contributed by atoms with E-state index in [-0.39, 0.29) is 31.1 Å². The summed E-state index contributed by atoms with van der Waals surface area (Å²) in [5.41, 5.74) is 0. The molecule has 0 fully saturated rings. The maximum atomic E-state index is 12.9. The van der Waals surface area contributed by atoms with E-state index in [9.17, 15) is 14.4 Å². The second kappa shape index (κ2) is 65.1. The van der Waals surface area contributed by atoms with Gasteiger partial charge in [0, 0.05) is 19.3 Å². The van der Waals surface area contributed by atoms with Crippen LogP contribution in [0.3, 0.4) is 0 Å². The molecule has 1 unspecified atom stereocenters. The first kappa shape index (κ1) is 73.6. The van der Waals surface area contributed by atoms with Crippen molar-refractivity contribution in [3.05, 3.63) is 85.1 Å². The highest BCUT2D eigenvalue weighted by molar-refractivity contribution is 5.71. The Morgan fingerprint density at radius 1 is 0.273 bits per heavy atom. The number of carbonyl (C=O) groups excluding carboxylic acids is 3. The van der Waals surface area contributed by atoms with Crippen LogP contribution in [0.1, 0.15) is 329 Å². The molecule has 0 aliphatic carbocycles. The SMILES string of the molecule is CC/C=C\C/C=C\C/C=C\C/C=C\C/C=C\C/C=C\CCCCCCCCC(=O)OCC(COC(=O)CCCCCCCCCCCCCCCCC)OC(=O)CCCCCCCCCCC/C=C\CCCCCCCC. The van der Waals surface area contributed by atoms with Gasteiger partial charge in [0.05, 0.1) is 0 Å². The van der Waals surface area contributed by atoms with Crippen LogP contribution < -0.4 is 0 Å². The fourth-order valence-electron chi connectivity index (χ4n) is 9.44. The summed E-state index contributed by atoms with van der Waals surface area (Å²) in [6.07, 6.45) is 85.8. The quantitative estimate of drug-likeness (QED) is 0.0261. The average molecular weight is 1070 g/mol. The molecule has 6 heteroatoms. The molecular weight excluding hydrogens is 949 g/mol. The molecule has 0 rings (SSSR count). The number of rotatable bonds is 60. The van der Waals surface area contributed by atoms with Crippen molar-refractivity contribution in [2.24, 2.45) is 0 Å². The van der Waals surface area contributed by atoms with E-state index >= 15 is 0 Å². The highest BCUT2D eigenvalue weighted by Crippen LogP contribution is 2.17. The van der Waals surface area contributed by atoms with Crippen molar-refractivity contribution in [3.8, 4) is 0 Å². The Morgan fingerprint density at radius 2 is 0.506 bits per heavy atom. The topological polar surface area (TPSA) is 78.9 Å². The van der Waals surface area contributed by atoms with E-state index in [0.717, 1.165) is 109 Å². The summed E-state index contributed by atoms with van der Waals surface area (Å²) in [5, 5.41) is 0. The van der Waals surface area contributed by atoms with E-state index in [4.69, 9.17) is 14.2 Å². The van der Waals surface area contributed by atoms with Crippen LogP contribution in [0.5, 0.6) is 0 Å². The molecule has 0 saturated heterocycles. The van der Waals surface area contributed by atoms with Crippen molar-refractivity contribution < 1.29 is 28.6 Å². The number of allylic oxidation sites excluding steroid dienone is 14. The van der Waals surface area contributed by atoms with Crippen LogP contribution in [0.25, 0.3) is 0 Å². The Balaban J connectivity index is 4.37. The van der Waals surface area contributed by atoms with Gasteiger partial charge in [-0.15, -0.1) is 0 Å². The van der Waals surface area contributed by atoms with Gasteiger partial charge in [-0.1, -0.05) is 298 Å². The van der Waals surface area contributed by atoms with Gasteiger partial charge in [-0.05, 0) is 96.3 Å². The molecule has 0 aliphatic heterocycles. The van der Waals surface area contributed by atoms with Crippen LogP contribution in [-0.2, 0) is 28.6 Å². The van der Waals surface area contributed by atoms with Crippen LogP contribution in [0, 0.1) is 0 Å². The van der Waals surface area contributed by atoms with Gasteiger partial charge in [0.15, 0.2) is 6.10 Å². The predicted molar refractivity (Wildman–Crippen MR) is 334 cm³/mol. The van der Waals surface area contributed by atoms with Crippen molar-refractivity contribution >= 4 is 17.9 Å². The number of carbonyl (C=O) groups is 3. The Hall–Kier alpha value is -3.41. The zero-order valence-electron chi connectivity index (χ0n) is 51.0. The molecule has 6 nitrogen and oxygen atoms in total. The summed E-state index contributed by atoms with van der Waals surface area (Å²) in [6, 6.07) is 0. The van der Waals surface area contributed by atoms with Gasteiger partial charge in [0.25, 0.3) is 0 Å². The average Bonchev–Trinajstić information content (AvgIpc) is 3.43. The van der Waals surface area contributed by atoms with Crippen LogP contribution in [0.15, 0.2) is 85.1 Å². The van der Waals surface area contributed by atoms with E-state index < -0.39 is 6.10 Å². The molecule has 0 aliphatic rings. The molecule has 0 spiro atoms. The van der Waals surface area contributed by atoms with Crippen LogP contribution in [-0.4, -0.2) is 37.2 Å². The van der Waals surface area contributed by atoms with Crippen molar-refractivity contribution in [2.75, 3.05) is 13.2 Å². The van der Waals surface area contributed by atoms with Gasteiger partial charge in [-0.25, -0.2) is 0 Å². The molecule has 0 radical (unpaired) electrons. The Labute approximate surface area is 477 Å². The molecule has 0 aromatic heterocycles. The number of hydrogen-bond acceptors (Lipinski definition) is 6. The summed E-state index contributed by atoms with van der Waals surface area (Å²) in [4.78, 5) is 38.4. The van der Waals surface area contributed by atoms with Crippen molar-refractivity contribution in [1.82, 2.24) is 0 Å². The molecule has 0 amide bonds. The fourth-order valence-corrected chi connectivity index (χ4v) is 9.44. The van der Waals surface area contributed by atoms with E-state index in [1.807, 2.05) is 0 Å². The minimum Gasteiger partial charge on any atom is -0.462 e. The van der Waals surface area contributed by atoms with Gasteiger partial charge in [-0.3, -0.25) is 14.4 Å². The van der Waals surface area contributed by atoms with Gasteiger partial charge in [0.2, 0.25) is 0 Å². The highest BCUT2D eigenvalue weighted by Gasteiger charge is 2.19. The van der Waals surface area contributed by atoms with E-state index in [1.165, 1.54) is 180 Å². The molecule has 0 heterocycles. The molecule has 0 aromatic carbocycles. The third-order valence-corrected chi connectivity index (χ3v) is 14.4. The number of esters is 3. The van der Waals surface area contributed by atoms with Crippen LogP contribution >= 0.6 is 0 Å². The van der Waals surface area contributed by atoms with Gasteiger partial charge in [0.1, 0.15) is 13.2 Å². The summed E-state index contributed by atoms with van der Waals surface area (Å²) in [5.74, 6) is -0.880. The van der Waals surface area contributed by atoms with E-state index in [1.54, 1.807) is 0 Å². The molecular formula is C71H124O6. The first-order valence-electron chi connectivity index (χ1n) is 33.1. The number of unbranched alkanes of at least 4 members (excludes halogenated alkanes) is 35. The minimum atomic E-state index is -0.784. The lowest BCUT2D eigenvalue weighted by atomic mass is 10.0. The Bertz CT molecular complexity index is 1470. The summed E-state index contributed by atoms with van der Waals surface area (Å²) in [7, 11) is 0. The Morgan fingerprint density at radius 3 is 0.805 bits per heavy atom. The Kier molecular flexibility index (Phi) is 62.2. The number of ether oxygens (including phenoxy) is 3. The van der Waals surface area contributed by atoms with Gasteiger partial charge >= 0.3 is 17.9 Å². The maximum Gasteiger partial charge on any atom is 0.306 e. The zero-order valence-corrected chi connectivity index (χ0v) is 51.0. The molecule has 77 heavy (non-hydrogen) atoms. The highest BCUT2D eigenvalue weighted by atomic mass is 16.6. The first-order valence-corrected chi connectivity index (χ1v) is 33.1. The summed E-state index contributed by atoms with van der Waals surface area (Å²) >= 11 is 0. The van der Waals surface area contributed by atoms with E-state index in [0.29, 0.717) is 19.3 Å². The van der Waals surface area contributed by atoms with E-state index in [2.05, 4.69) is 106 Å².